The summed E-state index contributed by atoms with van der Waals surface area (Å²) in [4.78, 5) is 6.97. The van der Waals surface area contributed by atoms with Crippen molar-refractivity contribution in [3.05, 3.63) is 23.4 Å². The number of hydrogen-bond donors (Lipinski definition) is 1. The van der Waals surface area contributed by atoms with Gasteiger partial charge < -0.3 is 15.0 Å². The molecule has 1 atom stereocenters. The molecule has 4 heteroatoms. The van der Waals surface area contributed by atoms with Gasteiger partial charge in [-0.2, -0.15) is 0 Å². The Bertz CT molecular complexity index is 394. The predicted molar refractivity (Wildman–Crippen MR) is 62.6 cm³/mol. The van der Waals surface area contributed by atoms with Crippen molar-refractivity contribution in [3.8, 4) is 0 Å². The van der Waals surface area contributed by atoms with Crippen LogP contribution in [0, 0.1) is 6.92 Å². The molecule has 0 spiro atoms. The van der Waals surface area contributed by atoms with Crippen molar-refractivity contribution in [2.24, 2.45) is 0 Å². The Labute approximate surface area is 95.6 Å². The molecule has 0 saturated carbocycles. The Morgan fingerprint density at radius 2 is 2.50 bits per heavy atom. The highest BCUT2D eigenvalue weighted by Gasteiger charge is 2.27. The van der Waals surface area contributed by atoms with E-state index in [0.717, 1.165) is 32.1 Å². The van der Waals surface area contributed by atoms with Crippen molar-refractivity contribution in [1.29, 1.82) is 0 Å². The van der Waals surface area contributed by atoms with Gasteiger partial charge in [0.15, 0.2) is 0 Å². The predicted octanol–water partition coefficient (Wildman–Crippen LogP) is 0.698. The van der Waals surface area contributed by atoms with Gasteiger partial charge in [-0.3, -0.25) is 0 Å². The largest absolute Gasteiger partial charge is 0.374 e. The topological polar surface area (TPSA) is 37.4 Å². The minimum absolute atomic E-state index is 0.435. The summed E-state index contributed by atoms with van der Waals surface area (Å²) < 4.78 is 5.72. The van der Waals surface area contributed by atoms with Crippen LogP contribution in [0.2, 0.25) is 0 Å². The fourth-order valence-electron chi connectivity index (χ4n) is 2.48. The Balaban J connectivity index is 2.00. The summed E-state index contributed by atoms with van der Waals surface area (Å²) in [7, 11) is 0. The third-order valence-corrected chi connectivity index (χ3v) is 3.27. The van der Waals surface area contributed by atoms with E-state index in [1.807, 2.05) is 6.20 Å². The molecule has 0 unspecified atom stereocenters. The fraction of sp³-hybridized carbons (Fsp3) is 0.583. The molecule has 2 aliphatic heterocycles. The smallest absolute Gasteiger partial charge is 0.134 e. The van der Waals surface area contributed by atoms with E-state index in [9.17, 15) is 0 Å². The summed E-state index contributed by atoms with van der Waals surface area (Å²) >= 11 is 0. The van der Waals surface area contributed by atoms with Crippen LogP contribution in [0.25, 0.3) is 0 Å². The average molecular weight is 219 g/mol. The molecule has 0 amide bonds. The minimum atomic E-state index is 0.435. The van der Waals surface area contributed by atoms with E-state index < -0.39 is 0 Å². The van der Waals surface area contributed by atoms with Crippen LogP contribution in [-0.4, -0.2) is 37.3 Å². The Morgan fingerprint density at radius 3 is 3.44 bits per heavy atom. The van der Waals surface area contributed by atoms with Crippen molar-refractivity contribution in [2.45, 2.75) is 19.6 Å². The SMILES string of the molecule is Cc1cnc2c(c1)COC[C@H]1CNCCN21. The standard InChI is InChI=1S/C12H17N3O/c1-9-4-10-7-16-8-11-6-13-2-3-15(11)12(10)14-5-9/h4-5,11,13H,2-3,6-8H2,1H3/t11-/m1/s1. The molecular weight excluding hydrogens is 202 g/mol. The lowest BCUT2D eigenvalue weighted by Gasteiger charge is -2.35. The maximum absolute atomic E-state index is 5.72. The van der Waals surface area contributed by atoms with Gasteiger partial charge in [0.05, 0.1) is 19.3 Å². The zero-order valence-corrected chi connectivity index (χ0v) is 9.57. The molecule has 3 heterocycles. The van der Waals surface area contributed by atoms with Gasteiger partial charge >= 0.3 is 0 Å². The molecule has 2 aliphatic rings. The number of aromatic nitrogens is 1. The van der Waals surface area contributed by atoms with Crippen LogP contribution in [0.1, 0.15) is 11.1 Å². The number of anilines is 1. The highest BCUT2D eigenvalue weighted by Crippen LogP contribution is 2.25. The van der Waals surface area contributed by atoms with Crippen LogP contribution >= 0.6 is 0 Å². The van der Waals surface area contributed by atoms with Crippen LogP contribution < -0.4 is 10.2 Å². The first-order chi connectivity index (χ1) is 7.84. The van der Waals surface area contributed by atoms with Crippen LogP contribution in [0.15, 0.2) is 12.3 Å². The highest BCUT2D eigenvalue weighted by molar-refractivity contribution is 5.50. The second-order valence-corrected chi connectivity index (χ2v) is 4.56. The van der Waals surface area contributed by atoms with Crippen molar-refractivity contribution in [1.82, 2.24) is 10.3 Å². The van der Waals surface area contributed by atoms with E-state index in [0.29, 0.717) is 12.6 Å². The van der Waals surface area contributed by atoms with Crippen molar-refractivity contribution < 1.29 is 4.74 Å². The molecule has 0 aromatic carbocycles. The van der Waals surface area contributed by atoms with Gasteiger partial charge in [0, 0.05) is 31.4 Å². The molecule has 1 aromatic heterocycles. The third-order valence-electron chi connectivity index (χ3n) is 3.27. The molecule has 1 aromatic rings. The lowest BCUT2D eigenvalue weighted by atomic mass is 10.1. The molecule has 1 fully saturated rings. The van der Waals surface area contributed by atoms with Crippen molar-refractivity contribution in [2.75, 3.05) is 31.1 Å². The van der Waals surface area contributed by atoms with Gasteiger partial charge in [-0.15, -0.1) is 0 Å². The van der Waals surface area contributed by atoms with Crippen LogP contribution in [-0.2, 0) is 11.3 Å². The normalized spacial score (nSPS) is 24.6. The summed E-state index contributed by atoms with van der Waals surface area (Å²) in [6.45, 7) is 6.62. The van der Waals surface area contributed by atoms with Gasteiger partial charge in [-0.1, -0.05) is 0 Å². The second kappa shape index (κ2) is 4.03. The van der Waals surface area contributed by atoms with Gasteiger partial charge in [0.25, 0.3) is 0 Å². The Hall–Kier alpha value is -1.13. The molecule has 1 N–H and O–H groups in total. The summed E-state index contributed by atoms with van der Waals surface area (Å²) in [5.41, 5.74) is 2.43. The first kappa shape index (κ1) is 10.1. The number of ether oxygens (including phenoxy) is 1. The maximum Gasteiger partial charge on any atom is 0.134 e. The Kier molecular flexibility index (Phi) is 2.53. The number of nitrogens with zero attached hydrogens (tertiary/aromatic N) is 2. The zero-order chi connectivity index (χ0) is 11.0. The first-order valence-corrected chi connectivity index (χ1v) is 5.85. The molecule has 0 aliphatic carbocycles. The van der Waals surface area contributed by atoms with Crippen LogP contribution in [0.4, 0.5) is 5.82 Å². The van der Waals surface area contributed by atoms with E-state index in [2.05, 4.69) is 28.2 Å². The van der Waals surface area contributed by atoms with Crippen LogP contribution in [0.3, 0.4) is 0 Å². The van der Waals surface area contributed by atoms with E-state index in [1.54, 1.807) is 0 Å². The van der Waals surface area contributed by atoms with Crippen LogP contribution in [0.5, 0.6) is 0 Å². The van der Waals surface area contributed by atoms with Gasteiger partial charge in [-0.25, -0.2) is 4.98 Å². The van der Waals surface area contributed by atoms with E-state index in [4.69, 9.17) is 4.74 Å². The summed E-state index contributed by atoms with van der Waals surface area (Å²) in [6.07, 6.45) is 1.95. The quantitative estimate of drug-likeness (QED) is 0.697. The fourth-order valence-corrected chi connectivity index (χ4v) is 2.48. The zero-order valence-electron chi connectivity index (χ0n) is 9.57. The lowest BCUT2D eigenvalue weighted by molar-refractivity contribution is 0.109. The summed E-state index contributed by atoms with van der Waals surface area (Å²) in [6, 6.07) is 2.62. The monoisotopic (exact) mass is 219 g/mol. The molecular formula is C12H17N3O. The summed E-state index contributed by atoms with van der Waals surface area (Å²) in [5.74, 6) is 1.12. The van der Waals surface area contributed by atoms with E-state index >= 15 is 0 Å². The number of rotatable bonds is 0. The van der Waals surface area contributed by atoms with Crippen molar-refractivity contribution in [3.63, 3.8) is 0 Å². The highest BCUT2D eigenvalue weighted by atomic mass is 16.5. The van der Waals surface area contributed by atoms with Gasteiger partial charge in [0.2, 0.25) is 0 Å². The first-order valence-electron chi connectivity index (χ1n) is 5.85. The van der Waals surface area contributed by atoms with E-state index in [1.165, 1.54) is 11.1 Å². The third kappa shape index (κ3) is 1.68. The molecule has 3 rings (SSSR count). The number of piperazine rings is 1. The lowest BCUT2D eigenvalue weighted by Crippen LogP contribution is -2.53. The number of hydrogen-bond acceptors (Lipinski definition) is 4. The molecule has 4 nitrogen and oxygen atoms in total. The van der Waals surface area contributed by atoms with Gasteiger partial charge in [0.1, 0.15) is 5.82 Å². The molecule has 1 saturated heterocycles. The molecule has 0 bridgehead atoms. The van der Waals surface area contributed by atoms with Gasteiger partial charge in [-0.05, 0) is 18.6 Å². The summed E-state index contributed by atoms with van der Waals surface area (Å²) in [5, 5.41) is 3.40. The van der Waals surface area contributed by atoms with Crippen molar-refractivity contribution >= 4 is 5.82 Å². The molecule has 16 heavy (non-hydrogen) atoms. The average Bonchev–Trinajstić information content (AvgIpc) is 2.47. The molecule has 0 radical (unpaired) electrons. The number of fused-ring (bicyclic) bond motifs is 3. The second-order valence-electron chi connectivity index (χ2n) is 4.56. The number of pyridine rings is 1. The number of aryl methyl sites for hydroxylation is 1. The number of nitrogens with one attached hydrogen (secondary N) is 1. The Morgan fingerprint density at radius 1 is 1.56 bits per heavy atom. The minimum Gasteiger partial charge on any atom is -0.374 e. The molecule has 86 valence electrons. The van der Waals surface area contributed by atoms with E-state index in [-0.39, 0.29) is 0 Å². The maximum atomic E-state index is 5.72.